The summed E-state index contributed by atoms with van der Waals surface area (Å²) in [5.41, 5.74) is 1.36. The van der Waals surface area contributed by atoms with E-state index in [1.165, 1.54) is 6.08 Å². The quantitative estimate of drug-likeness (QED) is 0.545. The van der Waals surface area contributed by atoms with Gasteiger partial charge >= 0.3 is 5.97 Å². The van der Waals surface area contributed by atoms with Crippen LogP contribution in [0.3, 0.4) is 0 Å². The van der Waals surface area contributed by atoms with Crippen molar-refractivity contribution < 1.29 is 19.0 Å². The molecule has 126 valence electrons. The van der Waals surface area contributed by atoms with Crippen molar-refractivity contribution in [1.82, 2.24) is 0 Å². The Kier molecular flexibility index (Phi) is 6.53. The van der Waals surface area contributed by atoms with Gasteiger partial charge < -0.3 is 14.2 Å². The van der Waals surface area contributed by atoms with Gasteiger partial charge in [0.1, 0.15) is 6.61 Å². The molecule has 0 amide bonds. The number of benzene rings is 2. The largest absolute Gasteiger partial charge is 0.493 e. The molecule has 24 heavy (non-hydrogen) atoms. The molecule has 0 bridgehead atoms. The average molecular weight is 367 g/mol. The van der Waals surface area contributed by atoms with Crippen LogP contribution >= 0.6 is 23.2 Å². The van der Waals surface area contributed by atoms with Crippen LogP contribution in [0.25, 0.3) is 6.08 Å². The van der Waals surface area contributed by atoms with E-state index >= 15 is 0 Å². The van der Waals surface area contributed by atoms with Gasteiger partial charge in [0.2, 0.25) is 0 Å². The summed E-state index contributed by atoms with van der Waals surface area (Å²) in [5.74, 6) is 0.697. The highest BCUT2D eigenvalue weighted by molar-refractivity contribution is 6.35. The van der Waals surface area contributed by atoms with Gasteiger partial charge in [-0.25, -0.2) is 4.79 Å². The molecule has 2 aromatic rings. The monoisotopic (exact) mass is 366 g/mol. The molecule has 0 radical (unpaired) electrons. The standard InChI is InChI=1S/C18H16Cl2O4/c1-22-16-8-6-12(10-17(16)23-2)7-9-18(21)24-11-13-14(19)4-3-5-15(13)20/h3-10H,11H2,1-2H3/b9-7+. The molecule has 2 rings (SSSR count). The Morgan fingerprint density at radius 1 is 1.04 bits per heavy atom. The Morgan fingerprint density at radius 2 is 1.71 bits per heavy atom. The molecule has 2 aromatic carbocycles. The Balaban J connectivity index is 2.00. The molecule has 0 spiro atoms. The molecule has 0 heterocycles. The zero-order valence-electron chi connectivity index (χ0n) is 13.2. The lowest BCUT2D eigenvalue weighted by Gasteiger charge is -2.08. The number of hydrogen-bond donors (Lipinski definition) is 0. The van der Waals surface area contributed by atoms with E-state index in [0.717, 1.165) is 5.56 Å². The van der Waals surface area contributed by atoms with Crippen molar-refractivity contribution in [2.75, 3.05) is 14.2 Å². The van der Waals surface area contributed by atoms with Gasteiger partial charge in [0.25, 0.3) is 0 Å². The van der Waals surface area contributed by atoms with E-state index in [9.17, 15) is 4.79 Å². The number of esters is 1. The first kappa shape index (κ1) is 18.2. The second kappa shape index (κ2) is 8.62. The molecule has 0 aliphatic heterocycles. The highest BCUT2D eigenvalue weighted by atomic mass is 35.5. The lowest BCUT2D eigenvalue weighted by Crippen LogP contribution is -2.01. The molecule has 0 saturated carbocycles. The van der Waals surface area contributed by atoms with Crippen molar-refractivity contribution in [3.8, 4) is 11.5 Å². The Morgan fingerprint density at radius 3 is 2.33 bits per heavy atom. The fraction of sp³-hybridized carbons (Fsp3) is 0.167. The van der Waals surface area contributed by atoms with Crippen LogP contribution in [0.15, 0.2) is 42.5 Å². The van der Waals surface area contributed by atoms with E-state index in [4.69, 9.17) is 37.4 Å². The van der Waals surface area contributed by atoms with E-state index in [0.29, 0.717) is 27.1 Å². The topological polar surface area (TPSA) is 44.8 Å². The maximum Gasteiger partial charge on any atom is 0.331 e. The predicted molar refractivity (Wildman–Crippen MR) is 94.8 cm³/mol. The molecule has 0 aliphatic carbocycles. The van der Waals surface area contributed by atoms with Gasteiger partial charge in [-0.05, 0) is 35.9 Å². The molecule has 0 N–H and O–H groups in total. The molecule has 0 saturated heterocycles. The number of methoxy groups -OCH3 is 2. The Bertz CT molecular complexity index is 736. The van der Waals surface area contributed by atoms with Crippen molar-refractivity contribution in [2.45, 2.75) is 6.61 Å². The van der Waals surface area contributed by atoms with Crippen molar-refractivity contribution in [3.63, 3.8) is 0 Å². The van der Waals surface area contributed by atoms with Crippen molar-refractivity contribution in [1.29, 1.82) is 0 Å². The summed E-state index contributed by atoms with van der Waals surface area (Å²) >= 11 is 12.1. The SMILES string of the molecule is COc1ccc(/C=C/C(=O)OCc2c(Cl)cccc2Cl)cc1OC. The van der Waals surface area contributed by atoms with Gasteiger partial charge in [0.05, 0.1) is 14.2 Å². The average Bonchev–Trinajstić information content (AvgIpc) is 2.59. The minimum absolute atomic E-state index is 0.00755. The van der Waals surface area contributed by atoms with Crippen LogP contribution in [-0.4, -0.2) is 20.2 Å². The third-order valence-corrected chi connectivity index (χ3v) is 3.95. The minimum Gasteiger partial charge on any atom is -0.493 e. The number of ether oxygens (including phenoxy) is 3. The van der Waals surface area contributed by atoms with E-state index < -0.39 is 5.97 Å². The summed E-state index contributed by atoms with van der Waals surface area (Å²) < 4.78 is 15.5. The number of rotatable bonds is 6. The number of halogens is 2. The highest BCUT2D eigenvalue weighted by Crippen LogP contribution is 2.28. The molecule has 0 unspecified atom stereocenters. The van der Waals surface area contributed by atoms with Crippen LogP contribution in [0.2, 0.25) is 10.0 Å². The van der Waals surface area contributed by atoms with Crippen LogP contribution in [-0.2, 0) is 16.1 Å². The van der Waals surface area contributed by atoms with Gasteiger partial charge in [-0.1, -0.05) is 35.3 Å². The molecular weight excluding hydrogens is 351 g/mol. The molecule has 4 nitrogen and oxygen atoms in total. The van der Waals surface area contributed by atoms with Gasteiger partial charge in [-0.15, -0.1) is 0 Å². The lowest BCUT2D eigenvalue weighted by molar-refractivity contribution is -0.138. The Labute approximate surface area is 150 Å². The summed E-state index contributed by atoms with van der Waals surface area (Å²) in [6.07, 6.45) is 2.95. The Hall–Kier alpha value is -2.17. The summed E-state index contributed by atoms with van der Waals surface area (Å²) in [6.45, 7) is 0.00755. The van der Waals surface area contributed by atoms with Crippen molar-refractivity contribution in [3.05, 3.63) is 63.6 Å². The van der Waals surface area contributed by atoms with Gasteiger partial charge in [0.15, 0.2) is 11.5 Å². The molecular formula is C18H16Cl2O4. The van der Waals surface area contributed by atoms with E-state index in [1.807, 2.05) is 0 Å². The maximum absolute atomic E-state index is 11.8. The van der Waals surface area contributed by atoms with Crippen molar-refractivity contribution >= 4 is 35.2 Å². The third-order valence-electron chi connectivity index (χ3n) is 3.24. The fourth-order valence-corrected chi connectivity index (χ4v) is 2.49. The first-order valence-electron chi connectivity index (χ1n) is 7.05. The van der Waals surface area contributed by atoms with Gasteiger partial charge in [0, 0.05) is 21.7 Å². The van der Waals surface area contributed by atoms with Crippen LogP contribution in [0.4, 0.5) is 0 Å². The molecule has 6 heteroatoms. The molecule has 0 aromatic heterocycles. The van der Waals surface area contributed by atoms with E-state index in [1.54, 1.807) is 56.7 Å². The summed E-state index contributed by atoms with van der Waals surface area (Å²) in [6, 6.07) is 10.4. The van der Waals surface area contributed by atoms with Gasteiger partial charge in [-0.2, -0.15) is 0 Å². The summed E-state index contributed by atoms with van der Waals surface area (Å²) in [4.78, 5) is 11.8. The van der Waals surface area contributed by atoms with Crippen LogP contribution in [0.1, 0.15) is 11.1 Å². The fourth-order valence-electron chi connectivity index (χ4n) is 1.98. The minimum atomic E-state index is -0.499. The van der Waals surface area contributed by atoms with Crippen molar-refractivity contribution in [2.24, 2.45) is 0 Å². The number of hydrogen-bond acceptors (Lipinski definition) is 4. The second-order valence-electron chi connectivity index (χ2n) is 4.76. The smallest absolute Gasteiger partial charge is 0.331 e. The van der Waals surface area contributed by atoms with Crippen LogP contribution < -0.4 is 9.47 Å². The van der Waals surface area contributed by atoms with Crippen LogP contribution in [0, 0.1) is 0 Å². The third kappa shape index (κ3) is 4.66. The second-order valence-corrected chi connectivity index (χ2v) is 5.57. The molecule has 0 fully saturated rings. The van der Waals surface area contributed by atoms with Crippen LogP contribution in [0.5, 0.6) is 11.5 Å². The zero-order chi connectivity index (χ0) is 17.5. The maximum atomic E-state index is 11.8. The first-order valence-corrected chi connectivity index (χ1v) is 7.80. The van der Waals surface area contributed by atoms with Gasteiger partial charge in [-0.3, -0.25) is 0 Å². The van der Waals surface area contributed by atoms with E-state index in [-0.39, 0.29) is 6.61 Å². The molecule has 0 aliphatic rings. The number of carbonyl (C=O) groups is 1. The lowest BCUT2D eigenvalue weighted by atomic mass is 10.2. The summed E-state index contributed by atoms with van der Waals surface area (Å²) in [5, 5.41) is 0.915. The summed E-state index contributed by atoms with van der Waals surface area (Å²) in [7, 11) is 3.11. The normalized spacial score (nSPS) is 10.7. The number of carbonyl (C=O) groups excluding carboxylic acids is 1. The van der Waals surface area contributed by atoms with E-state index in [2.05, 4.69) is 0 Å². The zero-order valence-corrected chi connectivity index (χ0v) is 14.7. The first-order chi connectivity index (χ1) is 11.5. The molecule has 0 atom stereocenters. The predicted octanol–water partition coefficient (Wildman–Crippen LogP) is 4.77. The highest BCUT2D eigenvalue weighted by Gasteiger charge is 2.08.